The van der Waals surface area contributed by atoms with E-state index in [2.05, 4.69) is 56.9 Å². The molecule has 0 aliphatic carbocycles. The van der Waals surface area contributed by atoms with Crippen LogP contribution < -0.4 is 10.2 Å². The second-order valence-corrected chi connectivity index (χ2v) is 6.92. The molecule has 5 rings (SSSR count). The van der Waals surface area contributed by atoms with Gasteiger partial charge in [-0.15, -0.1) is 0 Å². The van der Waals surface area contributed by atoms with Crippen molar-refractivity contribution in [2.75, 3.05) is 24.5 Å². The van der Waals surface area contributed by atoms with Crippen molar-refractivity contribution in [2.45, 2.75) is 13.0 Å². The molecule has 0 amide bonds. The molecule has 1 atom stereocenters. The lowest BCUT2D eigenvalue weighted by molar-refractivity contribution is 0.485. The van der Waals surface area contributed by atoms with Crippen molar-refractivity contribution in [2.24, 2.45) is 0 Å². The van der Waals surface area contributed by atoms with E-state index in [1.54, 1.807) is 0 Å². The standard InChI is InChI=1S/C21H21N5/c1-15-14-25(12-10-22-15)18-6-4-5-16-8-9-17(24-21(16)18)19-13-23-20-7-2-3-11-26(19)20/h2-9,11,13,15,22H,10,12,14H2,1H3/t15-/m0/s1. The molecule has 0 spiro atoms. The lowest BCUT2D eigenvalue weighted by Crippen LogP contribution is -2.49. The maximum atomic E-state index is 5.05. The molecule has 4 heterocycles. The second-order valence-electron chi connectivity index (χ2n) is 6.92. The average molecular weight is 343 g/mol. The number of hydrogen-bond acceptors (Lipinski definition) is 4. The monoisotopic (exact) mass is 343 g/mol. The highest BCUT2D eigenvalue weighted by molar-refractivity contribution is 5.92. The molecular formula is C21H21N5. The van der Waals surface area contributed by atoms with Gasteiger partial charge in [-0.1, -0.05) is 24.3 Å². The van der Waals surface area contributed by atoms with Crippen molar-refractivity contribution < 1.29 is 0 Å². The average Bonchev–Trinajstić information content (AvgIpc) is 3.11. The maximum absolute atomic E-state index is 5.05. The molecule has 5 heteroatoms. The number of pyridine rings is 2. The molecule has 130 valence electrons. The summed E-state index contributed by atoms with van der Waals surface area (Å²) >= 11 is 0. The molecule has 0 bridgehead atoms. The van der Waals surface area contributed by atoms with Crippen LogP contribution in [0.15, 0.2) is 60.9 Å². The van der Waals surface area contributed by atoms with Gasteiger partial charge in [0.05, 0.1) is 28.8 Å². The Morgan fingerprint density at radius 1 is 1.08 bits per heavy atom. The number of rotatable bonds is 2. The van der Waals surface area contributed by atoms with Crippen molar-refractivity contribution in [1.29, 1.82) is 0 Å². The van der Waals surface area contributed by atoms with Crippen LogP contribution in [0.2, 0.25) is 0 Å². The van der Waals surface area contributed by atoms with E-state index >= 15 is 0 Å². The van der Waals surface area contributed by atoms with Crippen LogP contribution in [0.25, 0.3) is 27.9 Å². The number of piperazine rings is 1. The summed E-state index contributed by atoms with van der Waals surface area (Å²) in [5.41, 5.74) is 5.18. The molecule has 0 saturated carbocycles. The van der Waals surface area contributed by atoms with Gasteiger partial charge in [0.1, 0.15) is 5.65 Å². The van der Waals surface area contributed by atoms with Gasteiger partial charge >= 0.3 is 0 Å². The highest BCUT2D eigenvalue weighted by atomic mass is 15.2. The first kappa shape index (κ1) is 15.3. The topological polar surface area (TPSA) is 45.5 Å². The molecule has 0 unspecified atom stereocenters. The molecular weight excluding hydrogens is 322 g/mol. The maximum Gasteiger partial charge on any atom is 0.137 e. The van der Waals surface area contributed by atoms with Crippen molar-refractivity contribution in [3.05, 3.63) is 60.9 Å². The fourth-order valence-corrected chi connectivity index (χ4v) is 3.80. The highest BCUT2D eigenvalue weighted by Crippen LogP contribution is 2.29. The normalized spacial score (nSPS) is 17.9. The van der Waals surface area contributed by atoms with E-state index in [-0.39, 0.29) is 0 Å². The van der Waals surface area contributed by atoms with E-state index in [0.29, 0.717) is 6.04 Å². The summed E-state index contributed by atoms with van der Waals surface area (Å²) < 4.78 is 2.09. The third-order valence-corrected chi connectivity index (χ3v) is 5.09. The van der Waals surface area contributed by atoms with E-state index in [9.17, 15) is 0 Å². The Balaban J connectivity index is 1.66. The first-order valence-corrected chi connectivity index (χ1v) is 9.10. The summed E-state index contributed by atoms with van der Waals surface area (Å²) in [5.74, 6) is 0. The molecule has 0 radical (unpaired) electrons. The smallest absolute Gasteiger partial charge is 0.137 e. The lowest BCUT2D eigenvalue weighted by Gasteiger charge is -2.34. The van der Waals surface area contributed by atoms with Crippen molar-refractivity contribution in [3.8, 4) is 11.4 Å². The van der Waals surface area contributed by atoms with Gasteiger partial charge in [0.25, 0.3) is 0 Å². The highest BCUT2D eigenvalue weighted by Gasteiger charge is 2.19. The lowest BCUT2D eigenvalue weighted by atomic mass is 10.1. The molecule has 1 saturated heterocycles. The molecule has 1 aliphatic rings. The Kier molecular flexibility index (Phi) is 3.60. The number of nitrogens with one attached hydrogen (secondary N) is 1. The predicted molar refractivity (Wildman–Crippen MR) is 106 cm³/mol. The zero-order valence-corrected chi connectivity index (χ0v) is 14.8. The number of para-hydroxylation sites is 1. The third kappa shape index (κ3) is 2.52. The zero-order chi connectivity index (χ0) is 17.5. The van der Waals surface area contributed by atoms with Crippen LogP contribution in [0.5, 0.6) is 0 Å². The minimum absolute atomic E-state index is 0.487. The van der Waals surface area contributed by atoms with Crippen LogP contribution in [0.3, 0.4) is 0 Å². The van der Waals surface area contributed by atoms with E-state index in [1.807, 2.05) is 30.6 Å². The number of aromatic nitrogens is 3. The number of benzene rings is 1. The van der Waals surface area contributed by atoms with E-state index in [1.165, 1.54) is 11.1 Å². The van der Waals surface area contributed by atoms with Crippen LogP contribution in [0, 0.1) is 0 Å². The minimum Gasteiger partial charge on any atom is -0.367 e. The Morgan fingerprint density at radius 2 is 2.04 bits per heavy atom. The molecule has 1 aliphatic heterocycles. The summed E-state index contributed by atoms with van der Waals surface area (Å²) in [6.45, 7) is 5.24. The fraction of sp³-hybridized carbons (Fsp3) is 0.238. The van der Waals surface area contributed by atoms with Crippen LogP contribution in [-0.4, -0.2) is 40.0 Å². The Morgan fingerprint density at radius 3 is 2.96 bits per heavy atom. The second kappa shape index (κ2) is 6.11. The Bertz CT molecular complexity index is 1080. The minimum atomic E-state index is 0.487. The quantitative estimate of drug-likeness (QED) is 0.606. The largest absolute Gasteiger partial charge is 0.367 e. The van der Waals surface area contributed by atoms with Gasteiger partial charge in [-0.05, 0) is 31.2 Å². The van der Waals surface area contributed by atoms with Crippen LogP contribution >= 0.6 is 0 Å². The van der Waals surface area contributed by atoms with Crippen LogP contribution in [-0.2, 0) is 0 Å². The fourth-order valence-electron chi connectivity index (χ4n) is 3.80. The summed E-state index contributed by atoms with van der Waals surface area (Å²) in [6, 6.07) is 17.2. The summed E-state index contributed by atoms with van der Waals surface area (Å²) in [7, 11) is 0. The first-order valence-electron chi connectivity index (χ1n) is 9.10. The van der Waals surface area contributed by atoms with Gasteiger partial charge in [0, 0.05) is 37.3 Å². The molecule has 5 nitrogen and oxygen atoms in total. The molecule has 1 N–H and O–H groups in total. The van der Waals surface area contributed by atoms with Crippen molar-refractivity contribution >= 4 is 22.2 Å². The van der Waals surface area contributed by atoms with Gasteiger partial charge < -0.3 is 10.2 Å². The molecule has 1 aromatic carbocycles. The van der Waals surface area contributed by atoms with Gasteiger partial charge in [0.2, 0.25) is 0 Å². The molecule has 3 aromatic heterocycles. The first-order chi connectivity index (χ1) is 12.8. The van der Waals surface area contributed by atoms with E-state index in [4.69, 9.17) is 4.98 Å². The summed E-state index contributed by atoms with van der Waals surface area (Å²) in [6.07, 6.45) is 3.94. The summed E-state index contributed by atoms with van der Waals surface area (Å²) in [4.78, 5) is 12.0. The Hall–Kier alpha value is -2.92. The zero-order valence-electron chi connectivity index (χ0n) is 14.8. The van der Waals surface area contributed by atoms with E-state index in [0.717, 1.165) is 42.2 Å². The van der Waals surface area contributed by atoms with Crippen molar-refractivity contribution in [1.82, 2.24) is 19.7 Å². The van der Waals surface area contributed by atoms with Crippen molar-refractivity contribution in [3.63, 3.8) is 0 Å². The molecule has 26 heavy (non-hydrogen) atoms. The Labute approximate surface area is 152 Å². The van der Waals surface area contributed by atoms with Gasteiger partial charge in [-0.25, -0.2) is 9.97 Å². The van der Waals surface area contributed by atoms with Gasteiger partial charge in [-0.3, -0.25) is 4.40 Å². The van der Waals surface area contributed by atoms with E-state index < -0.39 is 0 Å². The number of hydrogen-bond donors (Lipinski definition) is 1. The number of fused-ring (bicyclic) bond motifs is 2. The SMILES string of the molecule is C[C@H]1CN(c2cccc3ccc(-c4cnc5ccccn45)nc23)CCN1. The number of anilines is 1. The van der Waals surface area contributed by atoms with Gasteiger partial charge in [0.15, 0.2) is 0 Å². The van der Waals surface area contributed by atoms with Gasteiger partial charge in [-0.2, -0.15) is 0 Å². The van der Waals surface area contributed by atoms with Crippen LogP contribution in [0.1, 0.15) is 6.92 Å². The molecule has 1 fully saturated rings. The predicted octanol–water partition coefficient (Wildman–Crippen LogP) is 3.35. The number of imidazole rings is 1. The third-order valence-electron chi connectivity index (χ3n) is 5.09. The summed E-state index contributed by atoms with van der Waals surface area (Å²) in [5, 5.41) is 4.68. The molecule has 4 aromatic rings. The van der Waals surface area contributed by atoms with Crippen LogP contribution in [0.4, 0.5) is 5.69 Å². The number of nitrogens with zero attached hydrogens (tertiary/aromatic N) is 4.